The van der Waals surface area contributed by atoms with Gasteiger partial charge in [0.25, 0.3) is 0 Å². The van der Waals surface area contributed by atoms with Gasteiger partial charge in [-0.2, -0.15) is 0 Å². The number of allylic oxidation sites excluding steroid dienone is 2. The molecule has 0 bridgehead atoms. The molecule has 0 amide bonds. The zero-order valence-electron chi connectivity index (χ0n) is 6.80. The number of hydrogen-bond donors (Lipinski definition) is 0. The standard InChI is InChI=1S/C10H9FS/c1-7-6-12-10-5-3-8(11)2-4-9(7)10/h2,4-6H,3H2,1H3. The van der Waals surface area contributed by atoms with E-state index in [1.165, 1.54) is 15.3 Å². The van der Waals surface area contributed by atoms with Crippen LogP contribution in [0.2, 0.25) is 0 Å². The van der Waals surface area contributed by atoms with Crippen LogP contribution >= 0.6 is 11.3 Å². The molecule has 1 heterocycles. The summed E-state index contributed by atoms with van der Waals surface area (Å²) in [5.74, 6) is -0.0576. The molecular weight excluding hydrogens is 171 g/mol. The zero-order valence-corrected chi connectivity index (χ0v) is 7.62. The minimum atomic E-state index is -0.0576. The molecule has 1 aromatic rings. The van der Waals surface area contributed by atoms with Crippen LogP contribution in [0, 0.1) is 6.92 Å². The number of rotatable bonds is 0. The lowest BCUT2D eigenvalue weighted by atomic mass is 10.3. The van der Waals surface area contributed by atoms with Crippen molar-refractivity contribution < 1.29 is 4.39 Å². The topological polar surface area (TPSA) is 0 Å². The number of thiophene rings is 1. The predicted octanol–water partition coefficient (Wildman–Crippen LogP) is 1.87. The first kappa shape index (κ1) is 7.74. The molecule has 0 radical (unpaired) electrons. The average Bonchev–Trinajstić information content (AvgIpc) is 2.28. The maximum absolute atomic E-state index is 12.8. The Morgan fingerprint density at radius 3 is 3.08 bits per heavy atom. The molecule has 0 spiro atoms. The van der Waals surface area contributed by atoms with Gasteiger partial charge in [-0.3, -0.25) is 0 Å². The molecule has 0 saturated heterocycles. The molecule has 2 rings (SSSR count). The van der Waals surface area contributed by atoms with Crippen molar-refractivity contribution in [2.24, 2.45) is 0 Å². The molecule has 62 valence electrons. The van der Waals surface area contributed by atoms with Crippen molar-refractivity contribution in [1.29, 1.82) is 0 Å². The van der Waals surface area contributed by atoms with E-state index in [4.69, 9.17) is 0 Å². The van der Waals surface area contributed by atoms with Crippen LogP contribution in [-0.4, -0.2) is 0 Å². The fourth-order valence-electron chi connectivity index (χ4n) is 1.28. The molecule has 2 heteroatoms. The smallest absolute Gasteiger partial charge is 0.104 e. The third-order valence-corrected chi connectivity index (χ3v) is 3.08. The Labute approximate surface area is 74.4 Å². The second-order valence-corrected chi connectivity index (χ2v) is 3.80. The van der Waals surface area contributed by atoms with Crippen LogP contribution in [-0.2, 0) is 0 Å². The first-order chi connectivity index (χ1) is 5.77. The normalized spacial score (nSPS) is 15.3. The van der Waals surface area contributed by atoms with Gasteiger partial charge in [-0.15, -0.1) is 11.3 Å². The molecule has 0 unspecified atom stereocenters. The lowest BCUT2D eigenvalue weighted by Gasteiger charge is -1.82. The summed E-state index contributed by atoms with van der Waals surface area (Å²) in [7, 11) is 0. The van der Waals surface area contributed by atoms with Crippen LogP contribution in [0.3, 0.4) is 0 Å². The third-order valence-electron chi connectivity index (χ3n) is 1.97. The van der Waals surface area contributed by atoms with Crippen molar-refractivity contribution in [3.63, 3.8) is 0 Å². The van der Waals surface area contributed by atoms with Gasteiger partial charge in [0, 0.05) is 11.0 Å². The average molecular weight is 180 g/mol. The summed E-state index contributed by atoms with van der Waals surface area (Å²) < 4.78 is 14.0. The van der Waals surface area contributed by atoms with E-state index in [1.54, 1.807) is 17.4 Å². The summed E-state index contributed by atoms with van der Waals surface area (Å²) in [4.78, 5) is 0. The second-order valence-electron chi connectivity index (χ2n) is 2.89. The van der Waals surface area contributed by atoms with Gasteiger partial charge >= 0.3 is 0 Å². The van der Waals surface area contributed by atoms with Crippen LogP contribution in [0.5, 0.6) is 0 Å². The van der Waals surface area contributed by atoms with Gasteiger partial charge in [0.1, 0.15) is 5.83 Å². The molecule has 1 aliphatic rings. The van der Waals surface area contributed by atoms with E-state index in [2.05, 4.69) is 12.3 Å². The maximum Gasteiger partial charge on any atom is 0.104 e. The molecule has 0 aliphatic heterocycles. The molecule has 0 aromatic carbocycles. The van der Waals surface area contributed by atoms with Gasteiger partial charge in [-0.05, 0) is 29.2 Å². The molecule has 0 fully saturated rings. The molecule has 0 saturated carbocycles. The van der Waals surface area contributed by atoms with Crippen LogP contribution in [0.4, 0.5) is 4.39 Å². The fraction of sp³-hybridized carbons (Fsp3) is 0.200. The summed E-state index contributed by atoms with van der Waals surface area (Å²) in [5, 5.41) is 3.28. The predicted molar refractivity (Wildman–Crippen MR) is 51.0 cm³/mol. The van der Waals surface area contributed by atoms with Crippen molar-refractivity contribution >= 4 is 23.5 Å². The molecule has 0 atom stereocenters. The third kappa shape index (κ3) is 1.23. The largest absolute Gasteiger partial charge is 0.211 e. The number of hydrogen-bond acceptors (Lipinski definition) is 1. The van der Waals surface area contributed by atoms with Crippen molar-refractivity contribution in [2.75, 3.05) is 0 Å². The second kappa shape index (κ2) is 2.87. The van der Waals surface area contributed by atoms with E-state index in [0.717, 1.165) is 0 Å². The van der Waals surface area contributed by atoms with E-state index < -0.39 is 0 Å². The van der Waals surface area contributed by atoms with Crippen molar-refractivity contribution in [1.82, 2.24) is 0 Å². The van der Waals surface area contributed by atoms with Gasteiger partial charge in [0.15, 0.2) is 0 Å². The van der Waals surface area contributed by atoms with Gasteiger partial charge in [0.2, 0.25) is 0 Å². The highest BCUT2D eigenvalue weighted by molar-refractivity contribution is 7.07. The zero-order chi connectivity index (χ0) is 8.55. The summed E-state index contributed by atoms with van der Waals surface area (Å²) >= 11 is 1.68. The monoisotopic (exact) mass is 180 g/mol. The highest BCUT2D eigenvalue weighted by Gasteiger charge is 1.98. The Kier molecular flexibility index (Phi) is 1.85. The SMILES string of the molecule is Cc1csc2c1=CC=C(F)CC=2. The molecular formula is C10H9FS. The maximum atomic E-state index is 12.8. The Hall–Kier alpha value is -0.890. The van der Waals surface area contributed by atoms with Crippen LogP contribution in [0.15, 0.2) is 17.3 Å². The lowest BCUT2D eigenvalue weighted by molar-refractivity contribution is 0.625. The van der Waals surface area contributed by atoms with E-state index in [1.807, 2.05) is 12.2 Å². The van der Waals surface area contributed by atoms with Crippen molar-refractivity contribution in [3.8, 4) is 0 Å². The molecule has 0 nitrogen and oxygen atoms in total. The molecule has 12 heavy (non-hydrogen) atoms. The first-order valence-electron chi connectivity index (χ1n) is 3.88. The first-order valence-corrected chi connectivity index (χ1v) is 4.76. The summed E-state index contributed by atoms with van der Waals surface area (Å²) in [6.45, 7) is 2.05. The van der Waals surface area contributed by atoms with Gasteiger partial charge in [-0.25, -0.2) is 4.39 Å². The van der Waals surface area contributed by atoms with Crippen LogP contribution in [0.1, 0.15) is 12.0 Å². The van der Waals surface area contributed by atoms with Gasteiger partial charge in [0.05, 0.1) is 0 Å². The van der Waals surface area contributed by atoms with Crippen LogP contribution < -0.4 is 9.75 Å². The molecule has 1 aliphatic carbocycles. The highest BCUT2D eigenvalue weighted by Crippen LogP contribution is 2.06. The molecule has 1 aromatic heterocycles. The number of fused-ring (bicyclic) bond motifs is 1. The van der Waals surface area contributed by atoms with Crippen molar-refractivity contribution in [2.45, 2.75) is 13.3 Å². The Balaban J connectivity index is 2.76. The van der Waals surface area contributed by atoms with E-state index in [-0.39, 0.29) is 5.83 Å². The van der Waals surface area contributed by atoms with Gasteiger partial charge < -0.3 is 0 Å². The van der Waals surface area contributed by atoms with Crippen molar-refractivity contribution in [3.05, 3.63) is 32.6 Å². The Morgan fingerprint density at radius 1 is 1.42 bits per heavy atom. The number of aryl methyl sites for hydroxylation is 1. The van der Waals surface area contributed by atoms with E-state index in [9.17, 15) is 4.39 Å². The minimum absolute atomic E-state index is 0.0576. The Bertz CT molecular complexity index is 437. The summed E-state index contributed by atoms with van der Waals surface area (Å²) in [5.41, 5.74) is 1.23. The van der Waals surface area contributed by atoms with E-state index >= 15 is 0 Å². The van der Waals surface area contributed by atoms with Gasteiger partial charge in [-0.1, -0.05) is 12.2 Å². The van der Waals surface area contributed by atoms with E-state index in [0.29, 0.717) is 6.42 Å². The minimum Gasteiger partial charge on any atom is -0.211 e. The summed E-state index contributed by atoms with van der Waals surface area (Å²) in [6.07, 6.45) is 5.80. The lowest BCUT2D eigenvalue weighted by Crippen LogP contribution is -2.19. The highest BCUT2D eigenvalue weighted by atomic mass is 32.1. The molecule has 0 N–H and O–H groups in total. The Morgan fingerprint density at radius 2 is 2.25 bits per heavy atom. The fourth-order valence-corrected chi connectivity index (χ4v) is 2.24. The van der Waals surface area contributed by atoms with Crippen LogP contribution in [0.25, 0.3) is 12.2 Å². The quantitative estimate of drug-likeness (QED) is 0.572. The summed E-state index contributed by atoms with van der Waals surface area (Å²) in [6, 6.07) is 0. The number of halogens is 1.